The van der Waals surface area contributed by atoms with Gasteiger partial charge in [-0.25, -0.2) is 27.6 Å². The molecule has 0 saturated carbocycles. The van der Waals surface area contributed by atoms with E-state index in [1.54, 1.807) is 88.9 Å². The Morgan fingerprint density at radius 3 is 1.13 bits per heavy atom. The van der Waals surface area contributed by atoms with Crippen LogP contribution in [0.25, 0.3) is 0 Å². The van der Waals surface area contributed by atoms with E-state index >= 15 is 0 Å². The molecule has 0 spiro atoms. The van der Waals surface area contributed by atoms with Crippen molar-refractivity contribution < 1.29 is 70.7 Å². The smallest absolute Gasteiger partial charge is 0.411 e. The van der Waals surface area contributed by atoms with Crippen LogP contribution >= 0.6 is 0 Å². The normalized spacial score (nSPS) is 19.2. The molecule has 19 nitrogen and oxygen atoms in total. The molecule has 600 valence electrons. The van der Waals surface area contributed by atoms with Gasteiger partial charge in [-0.3, -0.25) is 19.3 Å². The number of halogens is 3. The summed E-state index contributed by atoms with van der Waals surface area (Å²) in [7, 11) is 0. The average Bonchev–Trinajstić information content (AvgIpc) is 1.52. The number of likely N-dealkylation sites (tertiary alicyclic amines) is 3. The number of carbonyl (C=O) groups excluding carboxylic acids is 5. The molecule has 0 aliphatic carbocycles. The fraction of sp³-hybridized carbons (Fsp3) is 0.400. The Labute approximate surface area is 658 Å². The number of hydrogen-bond acceptors (Lipinski definition) is 13. The summed E-state index contributed by atoms with van der Waals surface area (Å²) in [4.78, 5) is 82.5. The number of nitrogens with one attached hydrogen (secondary N) is 1. The van der Waals surface area contributed by atoms with Crippen molar-refractivity contribution in [1.29, 1.82) is 0 Å². The van der Waals surface area contributed by atoms with Gasteiger partial charge in [0, 0.05) is 50.6 Å². The van der Waals surface area contributed by atoms with E-state index in [9.17, 15) is 47.0 Å². The van der Waals surface area contributed by atoms with Crippen molar-refractivity contribution in [2.45, 2.75) is 211 Å². The van der Waals surface area contributed by atoms with E-state index in [1.165, 1.54) is 41.3 Å². The molecule has 10 atom stereocenters. The highest BCUT2D eigenvalue weighted by molar-refractivity contribution is 5.87. The molecule has 112 heavy (non-hydrogen) atoms. The number of hydrogen-bond donors (Lipinski definition) is 4. The number of carboxylic acids is 1. The predicted molar refractivity (Wildman–Crippen MR) is 429 cm³/mol. The van der Waals surface area contributed by atoms with Gasteiger partial charge in [0.1, 0.15) is 40.7 Å². The van der Waals surface area contributed by atoms with E-state index in [2.05, 4.69) is 25.1 Å². The third-order valence-corrected chi connectivity index (χ3v) is 19.2. The summed E-state index contributed by atoms with van der Waals surface area (Å²) in [5.41, 5.74) is 18.7. The van der Waals surface area contributed by atoms with E-state index in [0.29, 0.717) is 84.4 Å². The lowest BCUT2D eigenvalue weighted by Crippen LogP contribution is -2.52. The standard InChI is InChI=1S/C28H35FN2O4.2C23H27FN2O2.C15H19NO4.CH4/c1-5-9-23-17-24(34-19-21-10-7-6-8-11-21)18-31(23)26(32)25(30-27(33)35-28(2,3)4)16-20-12-14-22(29)15-13-20;2*1-2-6-20-14-21(28-16-18-7-4-3-5-8-18)15-26(20)23(27)22(25)13-17-9-11-19(24)12-10-17;1-15(2,3)20-14(19)16-9-11-7-5-4-6-10(11)8-12(16)13(17)18;/h5-8,10-15,23-25H,1,9,16-19H2,2-4H3,(H,30,33);2*2-5,7-12,20-22H,1,6,13-16,25H2;4-7,12H,8-9H2,1-3H3,(H,17,18);1H4/t23-,24+,25+;2*20-,21+,22+;;/m000../s1. The number of aliphatic carboxylic acids is 1. The molecule has 5 amide bonds. The number of rotatable bonds is 26. The summed E-state index contributed by atoms with van der Waals surface area (Å²) in [6, 6.07) is 52.5. The van der Waals surface area contributed by atoms with Gasteiger partial charge in [0.2, 0.25) is 17.7 Å². The summed E-state index contributed by atoms with van der Waals surface area (Å²) >= 11 is 0. The molecule has 3 saturated heterocycles. The first-order valence-corrected chi connectivity index (χ1v) is 37.8. The highest BCUT2D eigenvalue weighted by atomic mass is 19.1. The number of carboxylic acid groups (broad SMARTS) is 1. The fourth-order valence-corrected chi connectivity index (χ4v) is 13.7. The molecule has 0 aromatic heterocycles. The maximum Gasteiger partial charge on any atom is 0.411 e. The number of benzene rings is 7. The van der Waals surface area contributed by atoms with Gasteiger partial charge in [-0.1, -0.05) is 177 Å². The molecule has 0 radical (unpaired) electrons. The van der Waals surface area contributed by atoms with Crippen molar-refractivity contribution in [3.63, 3.8) is 0 Å². The zero-order valence-electron chi connectivity index (χ0n) is 64.6. The molecule has 4 aliphatic rings. The first-order valence-electron chi connectivity index (χ1n) is 37.8. The second kappa shape index (κ2) is 43.5. The first kappa shape index (κ1) is 89.0. The second-order valence-electron chi connectivity index (χ2n) is 30.3. The molecule has 11 rings (SSSR count). The lowest BCUT2D eigenvalue weighted by molar-refractivity contribution is -0.143. The number of nitrogens with two attached hydrogens (primary N) is 2. The van der Waals surface area contributed by atoms with E-state index < -0.39 is 53.5 Å². The second-order valence-corrected chi connectivity index (χ2v) is 30.3. The molecule has 4 heterocycles. The van der Waals surface area contributed by atoms with Crippen LogP contribution in [-0.2, 0) is 94.9 Å². The quantitative estimate of drug-likeness (QED) is 0.0369. The fourth-order valence-electron chi connectivity index (χ4n) is 13.7. The number of fused-ring (bicyclic) bond motifs is 1. The number of alkyl carbamates (subject to hydrolysis) is 1. The minimum Gasteiger partial charge on any atom is -0.480 e. The molecular weight excluding hydrogens is 1430 g/mol. The maximum absolute atomic E-state index is 13.7. The first-order chi connectivity index (χ1) is 53.0. The van der Waals surface area contributed by atoms with Crippen molar-refractivity contribution >= 4 is 35.9 Å². The molecule has 4 aliphatic heterocycles. The van der Waals surface area contributed by atoms with Crippen LogP contribution in [0.15, 0.2) is 226 Å². The van der Waals surface area contributed by atoms with Gasteiger partial charge in [0.15, 0.2) is 0 Å². The third kappa shape index (κ3) is 28.5. The Hall–Kier alpha value is -10.2. The van der Waals surface area contributed by atoms with E-state index in [4.69, 9.17) is 35.2 Å². The predicted octanol–water partition coefficient (Wildman–Crippen LogP) is 15.0. The molecule has 22 heteroatoms. The van der Waals surface area contributed by atoms with Gasteiger partial charge in [-0.15, -0.1) is 19.7 Å². The highest BCUT2D eigenvalue weighted by Crippen LogP contribution is 2.31. The number of ether oxygens (including phenoxy) is 5. The van der Waals surface area contributed by atoms with Crippen LogP contribution in [0.1, 0.15) is 132 Å². The van der Waals surface area contributed by atoms with Crippen LogP contribution in [0, 0.1) is 17.5 Å². The number of carbonyl (C=O) groups is 6. The van der Waals surface area contributed by atoms with Crippen molar-refractivity contribution in [2.24, 2.45) is 11.5 Å². The Morgan fingerprint density at radius 1 is 0.464 bits per heavy atom. The van der Waals surface area contributed by atoms with Crippen LogP contribution in [0.2, 0.25) is 0 Å². The Kier molecular flexibility index (Phi) is 34.6. The largest absolute Gasteiger partial charge is 0.480 e. The van der Waals surface area contributed by atoms with Crippen LogP contribution in [0.5, 0.6) is 0 Å². The summed E-state index contributed by atoms with van der Waals surface area (Å²) in [6.07, 6.45) is 9.57. The van der Waals surface area contributed by atoms with Crippen LogP contribution in [-0.4, -0.2) is 152 Å². The summed E-state index contributed by atoms with van der Waals surface area (Å²) in [6.45, 7) is 25.3. The number of nitrogens with zero attached hydrogens (tertiary/aromatic N) is 4. The summed E-state index contributed by atoms with van der Waals surface area (Å²) in [5.74, 6) is -2.38. The highest BCUT2D eigenvalue weighted by Gasteiger charge is 2.42. The lowest BCUT2D eigenvalue weighted by Gasteiger charge is -2.35. The molecular formula is C90H112F3N7O12. The minimum absolute atomic E-state index is 0. The SMILES string of the molecule is C.C=CC[C@H]1C[C@@H](OCc2ccccc2)CN1C(=O)[C@@H](Cc1ccc(F)cc1)NC(=O)OC(C)(C)C.C=CC[C@H]1C[C@@H](OCc2ccccc2)CN1C(=O)[C@H](N)Cc1ccc(F)cc1.C=CC[C@H]1C[C@@H](OCc2ccccc2)CN1C(=O)[C@H](N)Cc1ccc(F)cc1.CC(C)(C)OC(=O)N1Cc2ccccc2CC1C(=O)O. The zero-order valence-corrected chi connectivity index (χ0v) is 64.6. The molecule has 3 fully saturated rings. The average molecular weight is 1540 g/mol. The monoisotopic (exact) mass is 1540 g/mol. The zero-order chi connectivity index (χ0) is 80.2. The topological polar surface area (TPSA) is 246 Å². The summed E-state index contributed by atoms with van der Waals surface area (Å²) in [5, 5.41) is 12.1. The van der Waals surface area contributed by atoms with Crippen molar-refractivity contribution in [3.8, 4) is 0 Å². The van der Waals surface area contributed by atoms with Gasteiger partial charge in [-0.05, 0) is 174 Å². The van der Waals surface area contributed by atoms with Gasteiger partial charge < -0.3 is 60.3 Å². The number of amides is 5. The van der Waals surface area contributed by atoms with Gasteiger partial charge in [0.05, 0.1) is 56.8 Å². The Balaban J connectivity index is 0.000000210. The molecule has 1 unspecified atom stereocenters. The van der Waals surface area contributed by atoms with E-state index in [0.717, 1.165) is 57.3 Å². The Bertz CT molecular complexity index is 4000. The van der Waals surface area contributed by atoms with Gasteiger partial charge in [0.25, 0.3) is 0 Å². The van der Waals surface area contributed by atoms with Crippen LogP contribution < -0.4 is 16.8 Å². The minimum atomic E-state index is -1.01. The van der Waals surface area contributed by atoms with E-state index in [-0.39, 0.29) is 92.0 Å². The van der Waals surface area contributed by atoms with Gasteiger partial charge >= 0.3 is 18.2 Å². The molecule has 7 aromatic rings. The van der Waals surface area contributed by atoms with Gasteiger partial charge in [-0.2, -0.15) is 0 Å². The molecule has 0 bridgehead atoms. The third-order valence-electron chi connectivity index (χ3n) is 19.2. The van der Waals surface area contributed by atoms with Crippen molar-refractivity contribution in [2.75, 3.05) is 19.6 Å². The lowest BCUT2D eigenvalue weighted by atomic mass is 9.94. The summed E-state index contributed by atoms with van der Waals surface area (Å²) < 4.78 is 68.5. The van der Waals surface area contributed by atoms with E-state index in [1.807, 2.05) is 137 Å². The van der Waals surface area contributed by atoms with Crippen LogP contribution in [0.3, 0.4) is 0 Å². The Morgan fingerprint density at radius 2 is 0.795 bits per heavy atom. The van der Waals surface area contributed by atoms with Crippen LogP contribution in [0.4, 0.5) is 22.8 Å². The maximum atomic E-state index is 13.7. The van der Waals surface area contributed by atoms with Crippen molar-refractivity contribution in [1.82, 2.24) is 24.9 Å². The van der Waals surface area contributed by atoms with Crippen molar-refractivity contribution in [3.05, 3.63) is 288 Å². The molecule has 6 N–H and O–H groups in total. The molecule has 7 aromatic carbocycles.